The third kappa shape index (κ3) is 5.58. The molecule has 0 aromatic rings. The molecule has 1 rings (SSSR count). The molecule has 0 spiro atoms. The normalized spacial score (nSPS) is 22.4. The van der Waals surface area contributed by atoms with Crippen LogP contribution in [-0.4, -0.2) is 43.2 Å². The number of hydrogen-bond acceptors (Lipinski definition) is 3. The van der Waals surface area contributed by atoms with E-state index in [9.17, 15) is 14.4 Å². The van der Waals surface area contributed by atoms with E-state index in [-0.39, 0.29) is 24.4 Å². The molecule has 1 aliphatic rings. The van der Waals surface area contributed by atoms with Crippen molar-refractivity contribution in [3.05, 3.63) is 0 Å². The third-order valence-corrected chi connectivity index (χ3v) is 3.44. The van der Waals surface area contributed by atoms with Gasteiger partial charge in [-0.1, -0.05) is 0 Å². The molecule has 1 fully saturated rings. The lowest BCUT2D eigenvalue weighted by molar-refractivity contribution is -0.143. The van der Waals surface area contributed by atoms with Crippen molar-refractivity contribution >= 4 is 17.9 Å². The number of hydrogen-bond donors (Lipinski definition) is 4. The second kappa shape index (κ2) is 7.60. The van der Waals surface area contributed by atoms with Crippen LogP contribution in [0, 0.1) is 11.8 Å². The Hall–Kier alpha value is -1.79. The smallest absolute Gasteiger partial charge is 0.315 e. The number of aliphatic carboxylic acids is 1. The first-order chi connectivity index (χ1) is 9.02. The van der Waals surface area contributed by atoms with Crippen molar-refractivity contribution in [1.82, 2.24) is 16.0 Å². The first-order valence-electron chi connectivity index (χ1n) is 6.48. The van der Waals surface area contributed by atoms with Crippen LogP contribution in [0.5, 0.6) is 0 Å². The molecule has 0 atom stereocenters. The van der Waals surface area contributed by atoms with Gasteiger partial charge in [0, 0.05) is 13.6 Å². The molecule has 3 amide bonds. The van der Waals surface area contributed by atoms with E-state index < -0.39 is 5.97 Å². The summed E-state index contributed by atoms with van der Waals surface area (Å²) in [7, 11) is 1.50. The van der Waals surface area contributed by atoms with Crippen molar-refractivity contribution in [2.24, 2.45) is 11.8 Å². The zero-order valence-corrected chi connectivity index (χ0v) is 11.1. The van der Waals surface area contributed by atoms with E-state index in [2.05, 4.69) is 16.0 Å². The molecule has 1 saturated carbocycles. The fourth-order valence-electron chi connectivity index (χ4n) is 2.16. The van der Waals surface area contributed by atoms with E-state index in [1.54, 1.807) is 0 Å². The average Bonchev–Trinajstić information content (AvgIpc) is 2.42. The SMILES string of the molecule is CNC(=O)CNC(=O)NCC1CCC(C(=O)O)CC1. The zero-order chi connectivity index (χ0) is 14.3. The lowest BCUT2D eigenvalue weighted by Crippen LogP contribution is -2.43. The predicted molar refractivity (Wildman–Crippen MR) is 68.6 cm³/mol. The van der Waals surface area contributed by atoms with Crippen molar-refractivity contribution in [3.63, 3.8) is 0 Å². The Morgan fingerprint density at radius 1 is 1.11 bits per heavy atom. The minimum atomic E-state index is -0.727. The Kier molecular flexibility index (Phi) is 6.11. The number of rotatable bonds is 5. The van der Waals surface area contributed by atoms with E-state index >= 15 is 0 Å². The van der Waals surface area contributed by atoms with Crippen LogP contribution in [0.4, 0.5) is 4.79 Å². The molecular weight excluding hydrogens is 250 g/mol. The molecule has 108 valence electrons. The van der Waals surface area contributed by atoms with Gasteiger partial charge in [0.1, 0.15) is 0 Å². The molecule has 0 bridgehead atoms. The molecule has 0 aliphatic heterocycles. The monoisotopic (exact) mass is 271 g/mol. The van der Waals surface area contributed by atoms with E-state index in [0.29, 0.717) is 25.3 Å². The van der Waals surface area contributed by atoms with Gasteiger partial charge in [0.05, 0.1) is 12.5 Å². The highest BCUT2D eigenvalue weighted by atomic mass is 16.4. The van der Waals surface area contributed by atoms with Gasteiger partial charge in [-0.15, -0.1) is 0 Å². The molecule has 0 radical (unpaired) electrons. The van der Waals surface area contributed by atoms with Crippen LogP contribution < -0.4 is 16.0 Å². The average molecular weight is 271 g/mol. The van der Waals surface area contributed by atoms with Crippen LogP contribution in [0.25, 0.3) is 0 Å². The topological polar surface area (TPSA) is 108 Å². The molecule has 19 heavy (non-hydrogen) atoms. The van der Waals surface area contributed by atoms with Gasteiger partial charge in [0.15, 0.2) is 0 Å². The highest BCUT2D eigenvalue weighted by Gasteiger charge is 2.25. The minimum absolute atomic E-state index is 0.0475. The molecule has 4 N–H and O–H groups in total. The largest absolute Gasteiger partial charge is 0.481 e. The summed E-state index contributed by atoms with van der Waals surface area (Å²) in [5, 5.41) is 16.4. The number of carbonyl (C=O) groups is 3. The predicted octanol–water partition coefficient (Wildman–Crippen LogP) is -0.0774. The summed E-state index contributed by atoms with van der Waals surface area (Å²) in [4.78, 5) is 33.1. The molecule has 7 heteroatoms. The summed E-state index contributed by atoms with van der Waals surface area (Å²) in [6, 6.07) is -0.371. The quantitative estimate of drug-likeness (QED) is 0.561. The first kappa shape index (κ1) is 15.3. The number of amides is 3. The van der Waals surface area contributed by atoms with Gasteiger partial charge in [-0.25, -0.2) is 4.79 Å². The molecule has 7 nitrogen and oxygen atoms in total. The molecule has 0 aromatic heterocycles. The highest BCUT2D eigenvalue weighted by molar-refractivity contribution is 5.83. The lowest BCUT2D eigenvalue weighted by Gasteiger charge is -2.26. The van der Waals surface area contributed by atoms with Crippen LogP contribution in [0.1, 0.15) is 25.7 Å². The van der Waals surface area contributed by atoms with Crippen LogP contribution >= 0.6 is 0 Å². The number of carbonyl (C=O) groups excluding carboxylic acids is 2. The number of nitrogens with one attached hydrogen (secondary N) is 3. The van der Waals surface area contributed by atoms with Crippen LogP contribution in [0.2, 0.25) is 0 Å². The zero-order valence-electron chi connectivity index (χ0n) is 11.1. The van der Waals surface area contributed by atoms with E-state index in [4.69, 9.17) is 5.11 Å². The van der Waals surface area contributed by atoms with Crippen molar-refractivity contribution in [3.8, 4) is 0 Å². The van der Waals surface area contributed by atoms with Crippen LogP contribution in [0.3, 0.4) is 0 Å². The van der Waals surface area contributed by atoms with Gasteiger partial charge in [0.2, 0.25) is 5.91 Å². The fraction of sp³-hybridized carbons (Fsp3) is 0.750. The summed E-state index contributed by atoms with van der Waals surface area (Å²) >= 11 is 0. The molecule has 0 heterocycles. The van der Waals surface area contributed by atoms with E-state index in [1.807, 2.05) is 0 Å². The summed E-state index contributed by atoms with van der Waals surface area (Å²) in [5.74, 6) is -0.897. The second-order valence-corrected chi connectivity index (χ2v) is 4.79. The van der Waals surface area contributed by atoms with Crippen molar-refractivity contribution in [1.29, 1.82) is 0 Å². The summed E-state index contributed by atoms with van der Waals surface area (Å²) in [5.41, 5.74) is 0. The van der Waals surface area contributed by atoms with Crippen molar-refractivity contribution < 1.29 is 19.5 Å². The minimum Gasteiger partial charge on any atom is -0.481 e. The summed E-state index contributed by atoms with van der Waals surface area (Å²) < 4.78 is 0. The highest BCUT2D eigenvalue weighted by Crippen LogP contribution is 2.28. The van der Waals surface area contributed by atoms with Gasteiger partial charge < -0.3 is 21.1 Å². The van der Waals surface area contributed by atoms with Crippen molar-refractivity contribution in [2.45, 2.75) is 25.7 Å². The van der Waals surface area contributed by atoms with Crippen LogP contribution in [-0.2, 0) is 9.59 Å². The van der Waals surface area contributed by atoms with E-state index in [1.165, 1.54) is 7.05 Å². The molecule has 0 aromatic carbocycles. The fourth-order valence-corrected chi connectivity index (χ4v) is 2.16. The van der Waals surface area contributed by atoms with Gasteiger partial charge >= 0.3 is 12.0 Å². The number of carboxylic acid groups (broad SMARTS) is 1. The Morgan fingerprint density at radius 2 is 1.74 bits per heavy atom. The van der Waals surface area contributed by atoms with E-state index in [0.717, 1.165) is 12.8 Å². The number of carboxylic acids is 1. The van der Waals surface area contributed by atoms with Gasteiger partial charge in [-0.2, -0.15) is 0 Å². The van der Waals surface area contributed by atoms with Gasteiger partial charge in [0.25, 0.3) is 0 Å². The summed E-state index contributed by atoms with van der Waals surface area (Å²) in [6.07, 6.45) is 2.96. The van der Waals surface area contributed by atoms with Gasteiger partial charge in [-0.05, 0) is 31.6 Å². The van der Waals surface area contributed by atoms with Gasteiger partial charge in [-0.3, -0.25) is 9.59 Å². The number of urea groups is 1. The number of likely N-dealkylation sites (N-methyl/N-ethyl adjacent to an activating group) is 1. The first-order valence-corrected chi connectivity index (χ1v) is 6.48. The third-order valence-electron chi connectivity index (χ3n) is 3.44. The Balaban J connectivity index is 2.15. The molecule has 0 saturated heterocycles. The maximum absolute atomic E-state index is 11.4. The Morgan fingerprint density at radius 3 is 2.26 bits per heavy atom. The standard InChI is InChI=1S/C12H21N3O4/c1-13-10(16)7-15-12(19)14-6-8-2-4-9(5-3-8)11(17)18/h8-9H,2-7H2,1H3,(H,13,16)(H,17,18)(H2,14,15,19). The molecular formula is C12H21N3O4. The Labute approximate surface area is 112 Å². The maximum Gasteiger partial charge on any atom is 0.315 e. The lowest BCUT2D eigenvalue weighted by atomic mass is 9.82. The molecule has 1 aliphatic carbocycles. The van der Waals surface area contributed by atoms with Crippen molar-refractivity contribution in [2.75, 3.05) is 20.1 Å². The summed E-state index contributed by atoms with van der Waals surface area (Å²) in [6.45, 7) is 0.472. The second-order valence-electron chi connectivity index (χ2n) is 4.79. The van der Waals surface area contributed by atoms with Crippen LogP contribution in [0.15, 0.2) is 0 Å². The Bertz CT molecular complexity index is 338. The molecule has 0 unspecified atom stereocenters. The maximum atomic E-state index is 11.4.